The molecule has 0 radical (unpaired) electrons. The summed E-state index contributed by atoms with van der Waals surface area (Å²) in [6, 6.07) is 0. The number of carbonyl (C=O) groups excluding carboxylic acids is 2. The van der Waals surface area contributed by atoms with Crippen LogP contribution in [0.4, 0.5) is 0 Å². The van der Waals surface area contributed by atoms with Crippen LogP contribution in [0, 0.1) is 0 Å². The zero-order valence-electron chi connectivity index (χ0n) is 18.0. The van der Waals surface area contributed by atoms with Crippen LogP contribution < -0.4 is 0 Å². The molecule has 0 saturated heterocycles. The molecular weight excluding hydrogens is 380 g/mol. The van der Waals surface area contributed by atoms with Gasteiger partial charge in [-0.15, -0.1) is 0 Å². The number of hydrogen-bond acceptors (Lipinski definition) is 7. The van der Waals surface area contributed by atoms with E-state index in [2.05, 4.69) is 13.2 Å². The lowest BCUT2D eigenvalue weighted by molar-refractivity contribution is -0.140. The lowest BCUT2D eigenvalue weighted by Crippen LogP contribution is -2.51. The van der Waals surface area contributed by atoms with Crippen molar-refractivity contribution in [2.75, 3.05) is 33.0 Å². The highest BCUT2D eigenvalue weighted by atomic mass is 28.4. The summed E-state index contributed by atoms with van der Waals surface area (Å²) in [4.78, 5) is 23.2. The molecule has 0 heterocycles. The molecule has 0 aliphatic carbocycles. The van der Waals surface area contributed by atoms with Gasteiger partial charge in [0, 0.05) is 36.5 Å². The van der Waals surface area contributed by atoms with Crippen molar-refractivity contribution in [3.8, 4) is 0 Å². The summed E-state index contributed by atoms with van der Waals surface area (Å²) in [5.41, 5.74) is 0.630. The predicted octanol–water partition coefficient (Wildman–Crippen LogP) is 3.81. The van der Waals surface area contributed by atoms with Crippen LogP contribution in [0.25, 0.3) is 0 Å². The summed E-state index contributed by atoms with van der Waals surface area (Å²) < 4.78 is 28.5. The first-order valence-electron chi connectivity index (χ1n) is 9.81. The van der Waals surface area contributed by atoms with E-state index in [1.165, 1.54) is 0 Å². The monoisotopic (exact) mass is 416 g/mol. The first-order valence-corrected chi connectivity index (χ1v) is 11.6. The Morgan fingerprint density at radius 3 is 1.61 bits per heavy atom. The van der Waals surface area contributed by atoms with Crippen LogP contribution in [-0.4, -0.2) is 53.8 Å². The molecule has 0 spiro atoms. The van der Waals surface area contributed by atoms with Crippen LogP contribution in [-0.2, 0) is 32.3 Å². The number of esters is 2. The number of ether oxygens (including phenoxy) is 2. The third-order valence-electron chi connectivity index (χ3n) is 3.86. The quantitative estimate of drug-likeness (QED) is 0.164. The zero-order valence-corrected chi connectivity index (χ0v) is 19.0. The van der Waals surface area contributed by atoms with Crippen LogP contribution in [0.1, 0.15) is 53.9 Å². The maximum absolute atomic E-state index is 11.7. The van der Waals surface area contributed by atoms with E-state index in [1.807, 2.05) is 20.8 Å². The van der Waals surface area contributed by atoms with Crippen molar-refractivity contribution in [2.45, 2.75) is 59.4 Å². The fourth-order valence-electron chi connectivity index (χ4n) is 2.61. The largest absolute Gasteiger partial charge is 0.504 e. The Balaban J connectivity index is 5.13. The van der Waals surface area contributed by atoms with Gasteiger partial charge in [-0.05, 0) is 53.9 Å². The van der Waals surface area contributed by atoms with E-state index in [0.717, 1.165) is 0 Å². The third-order valence-corrected chi connectivity index (χ3v) is 7.51. The van der Waals surface area contributed by atoms with Crippen LogP contribution in [0.2, 0.25) is 5.54 Å². The van der Waals surface area contributed by atoms with Gasteiger partial charge in [0.05, 0.1) is 13.2 Å². The fourth-order valence-corrected chi connectivity index (χ4v) is 5.81. The molecule has 8 heteroatoms. The van der Waals surface area contributed by atoms with Gasteiger partial charge >= 0.3 is 20.7 Å². The Labute approximate surface area is 170 Å². The minimum atomic E-state index is -2.99. The first kappa shape index (κ1) is 26.5. The number of hydrogen-bond donors (Lipinski definition) is 0. The number of carbonyl (C=O) groups is 2. The molecule has 0 aromatic rings. The van der Waals surface area contributed by atoms with E-state index >= 15 is 0 Å². The minimum absolute atomic E-state index is 0.0891. The second-order valence-corrected chi connectivity index (χ2v) is 9.25. The van der Waals surface area contributed by atoms with Gasteiger partial charge in [-0.3, -0.25) is 0 Å². The van der Waals surface area contributed by atoms with Crippen LogP contribution in [0.3, 0.4) is 0 Å². The van der Waals surface area contributed by atoms with Crippen molar-refractivity contribution in [1.29, 1.82) is 0 Å². The van der Waals surface area contributed by atoms with Gasteiger partial charge in [-0.1, -0.05) is 13.2 Å². The van der Waals surface area contributed by atoms with Crippen molar-refractivity contribution in [2.24, 2.45) is 0 Å². The Morgan fingerprint density at radius 1 is 0.786 bits per heavy atom. The van der Waals surface area contributed by atoms with Gasteiger partial charge < -0.3 is 22.8 Å². The van der Waals surface area contributed by atoms with Crippen molar-refractivity contribution in [3.05, 3.63) is 24.3 Å². The van der Waals surface area contributed by atoms with Gasteiger partial charge in [-0.2, -0.15) is 0 Å². The summed E-state index contributed by atoms with van der Waals surface area (Å²) >= 11 is 0. The molecular formula is C20H36O7Si. The van der Waals surface area contributed by atoms with Gasteiger partial charge in [0.2, 0.25) is 0 Å². The molecule has 1 unspecified atom stereocenters. The van der Waals surface area contributed by atoms with Crippen molar-refractivity contribution in [3.63, 3.8) is 0 Å². The average Bonchev–Trinajstić information content (AvgIpc) is 2.63. The highest BCUT2D eigenvalue weighted by Gasteiger charge is 2.48. The molecule has 1 atom stereocenters. The average molecular weight is 417 g/mol. The topological polar surface area (TPSA) is 80.3 Å². The molecule has 28 heavy (non-hydrogen) atoms. The molecule has 162 valence electrons. The molecule has 0 amide bonds. The van der Waals surface area contributed by atoms with Crippen LogP contribution in [0.5, 0.6) is 0 Å². The highest BCUT2D eigenvalue weighted by molar-refractivity contribution is 6.62. The fraction of sp³-hybridized carbons (Fsp3) is 0.700. The molecule has 7 nitrogen and oxygen atoms in total. The molecule has 0 fully saturated rings. The molecule has 0 N–H and O–H groups in total. The first-order chi connectivity index (χ1) is 13.2. The molecule has 0 bridgehead atoms. The van der Waals surface area contributed by atoms with Crippen molar-refractivity contribution >= 4 is 20.7 Å². The Bertz CT molecular complexity index is 502. The third kappa shape index (κ3) is 9.63. The van der Waals surface area contributed by atoms with Crippen LogP contribution in [0.15, 0.2) is 24.3 Å². The summed E-state index contributed by atoms with van der Waals surface area (Å²) in [5, 5.41) is 0. The van der Waals surface area contributed by atoms with Crippen molar-refractivity contribution in [1.82, 2.24) is 0 Å². The normalized spacial score (nSPS) is 12.3. The summed E-state index contributed by atoms with van der Waals surface area (Å²) in [6.07, 6.45) is 1.79. The maximum Gasteiger partial charge on any atom is 0.504 e. The van der Waals surface area contributed by atoms with Gasteiger partial charge in [0.25, 0.3) is 0 Å². The smallest absolute Gasteiger partial charge is 0.462 e. The van der Waals surface area contributed by atoms with Gasteiger partial charge in [0.15, 0.2) is 0 Å². The minimum Gasteiger partial charge on any atom is -0.462 e. The van der Waals surface area contributed by atoms with Gasteiger partial charge in [0.1, 0.15) is 0 Å². The lowest BCUT2D eigenvalue weighted by Gasteiger charge is -2.35. The molecule has 0 aromatic carbocycles. The SMILES string of the molecule is C=C(C)C(=O)OCCCC(CCOC(=O)C(=C)C)[Si](OCC)(OCC)OCC. The lowest BCUT2D eigenvalue weighted by atomic mass is 10.2. The Morgan fingerprint density at radius 2 is 1.21 bits per heavy atom. The van der Waals surface area contributed by atoms with E-state index in [-0.39, 0.29) is 18.8 Å². The number of rotatable bonds is 16. The van der Waals surface area contributed by atoms with Crippen molar-refractivity contribution < 1.29 is 32.3 Å². The Kier molecular flexibility index (Phi) is 13.7. The molecule has 0 rings (SSSR count). The highest BCUT2D eigenvalue weighted by Crippen LogP contribution is 2.33. The second kappa shape index (κ2) is 14.5. The van der Waals surface area contributed by atoms with E-state index < -0.39 is 20.7 Å². The van der Waals surface area contributed by atoms with E-state index in [9.17, 15) is 9.59 Å². The maximum atomic E-state index is 11.7. The molecule has 0 saturated carbocycles. The van der Waals surface area contributed by atoms with Crippen LogP contribution >= 0.6 is 0 Å². The van der Waals surface area contributed by atoms with E-state index in [0.29, 0.717) is 50.2 Å². The zero-order chi connectivity index (χ0) is 21.6. The summed E-state index contributed by atoms with van der Waals surface area (Å²) in [6.45, 7) is 17.9. The molecule has 0 aromatic heterocycles. The molecule has 0 aliphatic heterocycles. The van der Waals surface area contributed by atoms with E-state index in [4.69, 9.17) is 22.8 Å². The van der Waals surface area contributed by atoms with Gasteiger partial charge in [-0.25, -0.2) is 9.59 Å². The predicted molar refractivity (Wildman–Crippen MR) is 110 cm³/mol. The van der Waals surface area contributed by atoms with E-state index in [1.54, 1.807) is 13.8 Å². The molecule has 0 aliphatic rings. The Hall–Kier alpha value is -1.48. The summed E-state index contributed by atoms with van der Waals surface area (Å²) in [7, 11) is -2.99. The second-order valence-electron chi connectivity index (χ2n) is 6.36. The standard InChI is InChI=1S/C20H36O7Si/c1-8-25-28(26-9-2,27-10-3)18(13-15-24-20(22)17(6)7)12-11-14-23-19(21)16(4)5/h18H,4,6,8-15H2,1-3,5,7H3. The summed E-state index contributed by atoms with van der Waals surface area (Å²) in [5.74, 6) is -0.833.